The summed E-state index contributed by atoms with van der Waals surface area (Å²) in [6.45, 7) is 11.3. The Morgan fingerprint density at radius 1 is 1.17 bits per heavy atom. The van der Waals surface area contributed by atoms with Crippen molar-refractivity contribution in [3.8, 4) is 0 Å². The monoisotopic (exact) mass is 523 g/mol. The molecule has 0 unspecified atom stereocenters. The molecule has 0 bridgehead atoms. The molecule has 1 aliphatic carbocycles. The maximum absolute atomic E-state index is 12.0. The summed E-state index contributed by atoms with van der Waals surface area (Å²) in [5.74, 6) is 1.29. The van der Waals surface area contributed by atoms with E-state index in [1.165, 1.54) is 6.42 Å². The number of amides is 2. The van der Waals surface area contributed by atoms with Crippen molar-refractivity contribution in [3.05, 3.63) is 0 Å². The van der Waals surface area contributed by atoms with Gasteiger partial charge in [0.15, 0.2) is 5.96 Å². The fraction of sp³-hybridized carbons (Fsp3) is 0.850. The minimum Gasteiger partial charge on any atom is -0.444 e. The van der Waals surface area contributed by atoms with Gasteiger partial charge in [0.2, 0.25) is 5.91 Å². The minimum absolute atomic E-state index is 0. The van der Waals surface area contributed by atoms with Crippen LogP contribution in [0.25, 0.3) is 0 Å². The number of ether oxygens (including phenoxy) is 1. The Morgan fingerprint density at radius 3 is 2.48 bits per heavy atom. The Balaban J connectivity index is 0.00000420. The van der Waals surface area contributed by atoms with E-state index in [2.05, 4.69) is 25.8 Å². The highest BCUT2D eigenvalue weighted by molar-refractivity contribution is 14.0. The lowest BCUT2D eigenvalue weighted by molar-refractivity contribution is -0.127. The number of carbonyl (C=O) groups is 2. The topological polar surface area (TPSA) is 95.1 Å². The van der Waals surface area contributed by atoms with Gasteiger partial charge in [-0.3, -0.25) is 9.79 Å². The number of alkyl carbamates (subject to hydrolysis) is 1. The zero-order valence-electron chi connectivity index (χ0n) is 18.3. The number of aliphatic imine (C=N–C) groups is 1. The molecule has 168 valence electrons. The third kappa shape index (κ3) is 9.39. The average molecular weight is 523 g/mol. The van der Waals surface area contributed by atoms with Crippen molar-refractivity contribution in [2.24, 2.45) is 10.9 Å². The number of guanidine groups is 1. The second kappa shape index (κ2) is 12.4. The summed E-state index contributed by atoms with van der Waals surface area (Å²) in [4.78, 5) is 30.6. The van der Waals surface area contributed by atoms with E-state index < -0.39 is 5.60 Å². The molecule has 1 heterocycles. The first-order valence-electron chi connectivity index (χ1n) is 10.6. The summed E-state index contributed by atoms with van der Waals surface area (Å²) in [5.41, 5.74) is -0.493. The third-order valence-corrected chi connectivity index (χ3v) is 4.92. The number of nitrogens with zero attached hydrogens (tertiary/aromatic N) is 2. The van der Waals surface area contributed by atoms with Gasteiger partial charge in [-0.1, -0.05) is 6.42 Å². The highest BCUT2D eigenvalue weighted by atomic mass is 127. The van der Waals surface area contributed by atoms with Crippen molar-refractivity contribution in [1.82, 2.24) is 20.9 Å². The molecule has 0 aromatic rings. The predicted molar refractivity (Wildman–Crippen MR) is 126 cm³/mol. The van der Waals surface area contributed by atoms with Gasteiger partial charge in [0.25, 0.3) is 0 Å². The molecule has 2 rings (SSSR count). The Morgan fingerprint density at radius 2 is 1.90 bits per heavy atom. The molecule has 1 saturated heterocycles. The molecule has 0 radical (unpaired) electrons. The van der Waals surface area contributed by atoms with E-state index in [0.29, 0.717) is 19.6 Å². The number of likely N-dealkylation sites (tertiary alicyclic amines) is 1. The van der Waals surface area contributed by atoms with Gasteiger partial charge in [-0.05, 0) is 53.4 Å². The number of halogens is 1. The molecule has 9 heteroatoms. The van der Waals surface area contributed by atoms with Crippen molar-refractivity contribution in [3.63, 3.8) is 0 Å². The van der Waals surface area contributed by atoms with E-state index in [0.717, 1.165) is 44.7 Å². The highest BCUT2D eigenvalue weighted by Crippen LogP contribution is 2.26. The van der Waals surface area contributed by atoms with Crippen molar-refractivity contribution in [1.29, 1.82) is 0 Å². The normalized spacial score (nSPS) is 19.8. The van der Waals surface area contributed by atoms with Gasteiger partial charge in [0.05, 0.1) is 6.04 Å². The molecule has 8 nitrogen and oxygen atoms in total. The van der Waals surface area contributed by atoms with Gasteiger partial charge < -0.3 is 25.6 Å². The van der Waals surface area contributed by atoms with E-state index in [-0.39, 0.29) is 47.9 Å². The Kier molecular flexibility index (Phi) is 11.1. The smallest absolute Gasteiger partial charge is 0.407 e. The fourth-order valence-electron chi connectivity index (χ4n) is 3.26. The molecule has 29 heavy (non-hydrogen) atoms. The van der Waals surface area contributed by atoms with Gasteiger partial charge in [-0.25, -0.2) is 4.79 Å². The maximum atomic E-state index is 12.0. The quantitative estimate of drug-likeness (QED) is 0.206. The Labute approximate surface area is 192 Å². The summed E-state index contributed by atoms with van der Waals surface area (Å²) in [6, 6.07) is 0.0560. The first kappa shape index (κ1) is 25.8. The van der Waals surface area contributed by atoms with Gasteiger partial charge in [-0.2, -0.15) is 0 Å². The number of hydrogen-bond acceptors (Lipinski definition) is 4. The maximum Gasteiger partial charge on any atom is 0.407 e. The largest absolute Gasteiger partial charge is 0.444 e. The molecule has 1 aliphatic heterocycles. The van der Waals surface area contributed by atoms with Gasteiger partial charge in [0.1, 0.15) is 5.60 Å². The fourth-order valence-corrected chi connectivity index (χ4v) is 3.26. The Bertz CT molecular complexity index is 561. The summed E-state index contributed by atoms with van der Waals surface area (Å²) >= 11 is 0. The summed E-state index contributed by atoms with van der Waals surface area (Å²) in [7, 11) is 0. The van der Waals surface area contributed by atoms with Crippen LogP contribution in [0.5, 0.6) is 0 Å². The van der Waals surface area contributed by atoms with Crippen molar-refractivity contribution in [2.75, 3.05) is 32.7 Å². The molecule has 2 amide bonds. The molecular weight excluding hydrogens is 485 g/mol. The Hall–Kier alpha value is -1.26. The lowest BCUT2D eigenvalue weighted by Gasteiger charge is -2.24. The van der Waals surface area contributed by atoms with Crippen LogP contribution in [0, 0.1) is 5.92 Å². The van der Waals surface area contributed by atoms with Crippen LogP contribution in [0.3, 0.4) is 0 Å². The predicted octanol–water partition coefficient (Wildman–Crippen LogP) is 2.48. The second-order valence-corrected chi connectivity index (χ2v) is 8.59. The van der Waals surface area contributed by atoms with Crippen LogP contribution < -0.4 is 16.0 Å². The van der Waals surface area contributed by atoms with E-state index in [1.54, 1.807) is 0 Å². The molecule has 0 spiro atoms. The van der Waals surface area contributed by atoms with Crippen LogP contribution in [0.1, 0.15) is 59.8 Å². The van der Waals surface area contributed by atoms with Gasteiger partial charge >= 0.3 is 6.09 Å². The second-order valence-electron chi connectivity index (χ2n) is 8.59. The number of carbonyl (C=O) groups excluding carboxylic acids is 2. The zero-order chi connectivity index (χ0) is 20.6. The molecule has 3 N–H and O–H groups in total. The van der Waals surface area contributed by atoms with Gasteiger partial charge in [0, 0.05) is 38.6 Å². The summed E-state index contributed by atoms with van der Waals surface area (Å²) < 4.78 is 5.33. The highest BCUT2D eigenvalue weighted by Gasteiger charge is 2.28. The standard InChI is InChI=1S/C20H37N5O3.HI/c1-5-21-18(23-12-7-11-22-17(26)15-8-6-9-15)25-13-10-16(14-25)24-19(27)28-20(2,3)4;/h15-16H,5-14H2,1-4H3,(H,21,23)(H,22,26)(H,24,27);1H/t16-;/m1./s1. The summed E-state index contributed by atoms with van der Waals surface area (Å²) in [5, 5.41) is 9.26. The molecule has 0 aromatic carbocycles. The van der Waals surface area contributed by atoms with E-state index in [9.17, 15) is 9.59 Å². The third-order valence-electron chi connectivity index (χ3n) is 4.92. The van der Waals surface area contributed by atoms with Crippen LogP contribution in [-0.2, 0) is 9.53 Å². The molecule has 2 fully saturated rings. The van der Waals surface area contributed by atoms with Crippen molar-refractivity contribution >= 4 is 41.9 Å². The van der Waals surface area contributed by atoms with Crippen LogP contribution in [0.15, 0.2) is 4.99 Å². The summed E-state index contributed by atoms with van der Waals surface area (Å²) in [6.07, 6.45) is 4.54. The molecule has 1 saturated carbocycles. The lowest BCUT2D eigenvalue weighted by atomic mass is 9.85. The van der Waals surface area contributed by atoms with E-state index in [1.807, 2.05) is 27.7 Å². The molecule has 1 atom stereocenters. The zero-order valence-corrected chi connectivity index (χ0v) is 20.6. The number of hydrogen-bond donors (Lipinski definition) is 3. The SMILES string of the molecule is CCNC(=NCCCNC(=O)C1CCC1)N1CC[C@@H](NC(=O)OC(C)(C)C)C1.I. The minimum atomic E-state index is -0.493. The first-order valence-corrected chi connectivity index (χ1v) is 10.6. The van der Waals surface area contributed by atoms with Gasteiger partial charge in [-0.15, -0.1) is 24.0 Å². The van der Waals surface area contributed by atoms with Crippen LogP contribution >= 0.6 is 24.0 Å². The first-order chi connectivity index (χ1) is 13.3. The number of nitrogens with one attached hydrogen (secondary N) is 3. The van der Waals surface area contributed by atoms with Crippen LogP contribution in [-0.4, -0.2) is 67.2 Å². The molecule has 2 aliphatic rings. The van der Waals surface area contributed by atoms with E-state index in [4.69, 9.17) is 4.74 Å². The van der Waals surface area contributed by atoms with Crippen molar-refractivity contribution < 1.29 is 14.3 Å². The molecular formula is C20H38IN5O3. The number of rotatable bonds is 7. The van der Waals surface area contributed by atoms with Crippen molar-refractivity contribution in [2.45, 2.75) is 71.4 Å². The lowest BCUT2D eigenvalue weighted by Crippen LogP contribution is -2.44. The van der Waals surface area contributed by atoms with Crippen LogP contribution in [0.4, 0.5) is 4.79 Å². The van der Waals surface area contributed by atoms with Crippen LogP contribution in [0.2, 0.25) is 0 Å². The van der Waals surface area contributed by atoms with E-state index >= 15 is 0 Å². The molecule has 0 aromatic heterocycles. The average Bonchev–Trinajstić information content (AvgIpc) is 2.98.